The van der Waals surface area contributed by atoms with E-state index < -0.39 is 5.60 Å². The molecular formula is C10H13NO2. The Hall–Kier alpha value is -1.22. The first-order chi connectivity index (χ1) is 6.09. The Kier molecular flexibility index (Phi) is 1.70. The Morgan fingerprint density at radius 1 is 1.46 bits per heavy atom. The van der Waals surface area contributed by atoms with Crippen molar-refractivity contribution in [2.75, 3.05) is 11.9 Å². The third-order valence-corrected chi connectivity index (χ3v) is 2.51. The van der Waals surface area contributed by atoms with Gasteiger partial charge in [-0.25, -0.2) is 0 Å². The lowest BCUT2D eigenvalue weighted by Crippen LogP contribution is -2.30. The molecule has 0 aromatic heterocycles. The fourth-order valence-electron chi connectivity index (χ4n) is 1.71. The SMILES string of the molecule is CC1(O)CCNc2ccc(O)cc21. The average Bonchev–Trinajstić information content (AvgIpc) is 2.06. The average molecular weight is 179 g/mol. The summed E-state index contributed by atoms with van der Waals surface area (Å²) in [5, 5.41) is 22.5. The van der Waals surface area contributed by atoms with Crippen molar-refractivity contribution in [2.45, 2.75) is 18.9 Å². The van der Waals surface area contributed by atoms with Crippen molar-refractivity contribution in [3.63, 3.8) is 0 Å². The lowest BCUT2D eigenvalue weighted by atomic mass is 9.88. The van der Waals surface area contributed by atoms with Crippen LogP contribution in [0.2, 0.25) is 0 Å². The molecule has 1 unspecified atom stereocenters. The van der Waals surface area contributed by atoms with Gasteiger partial charge in [-0.2, -0.15) is 0 Å². The van der Waals surface area contributed by atoms with Gasteiger partial charge in [-0.3, -0.25) is 0 Å². The molecule has 0 radical (unpaired) electrons. The van der Waals surface area contributed by atoms with Crippen molar-refractivity contribution < 1.29 is 10.2 Å². The maximum absolute atomic E-state index is 10.00. The van der Waals surface area contributed by atoms with E-state index in [2.05, 4.69) is 5.32 Å². The molecule has 13 heavy (non-hydrogen) atoms. The van der Waals surface area contributed by atoms with Gasteiger partial charge in [0.2, 0.25) is 0 Å². The number of fused-ring (bicyclic) bond motifs is 1. The molecule has 1 aliphatic rings. The van der Waals surface area contributed by atoms with Crippen LogP contribution in [0.15, 0.2) is 18.2 Å². The van der Waals surface area contributed by atoms with Crippen molar-refractivity contribution in [1.29, 1.82) is 0 Å². The minimum Gasteiger partial charge on any atom is -0.508 e. The van der Waals surface area contributed by atoms with E-state index in [1.165, 1.54) is 0 Å². The van der Waals surface area contributed by atoms with Gasteiger partial charge in [-0.1, -0.05) is 0 Å². The Labute approximate surface area is 77.0 Å². The van der Waals surface area contributed by atoms with Crippen LogP contribution in [0.1, 0.15) is 18.9 Å². The Morgan fingerprint density at radius 3 is 3.00 bits per heavy atom. The Balaban J connectivity index is 2.55. The van der Waals surface area contributed by atoms with Crippen LogP contribution in [0.5, 0.6) is 5.75 Å². The third kappa shape index (κ3) is 1.35. The molecule has 70 valence electrons. The zero-order valence-corrected chi connectivity index (χ0v) is 7.54. The summed E-state index contributed by atoms with van der Waals surface area (Å²) in [4.78, 5) is 0. The van der Waals surface area contributed by atoms with Gasteiger partial charge in [0.1, 0.15) is 5.75 Å². The van der Waals surface area contributed by atoms with Crippen molar-refractivity contribution in [1.82, 2.24) is 0 Å². The molecule has 1 aromatic carbocycles. The number of benzene rings is 1. The molecule has 0 saturated heterocycles. The van der Waals surface area contributed by atoms with Gasteiger partial charge < -0.3 is 15.5 Å². The van der Waals surface area contributed by atoms with Gasteiger partial charge in [-0.05, 0) is 31.5 Å². The van der Waals surface area contributed by atoms with E-state index in [1.807, 2.05) is 0 Å². The fraction of sp³-hybridized carbons (Fsp3) is 0.400. The van der Waals surface area contributed by atoms with E-state index in [9.17, 15) is 10.2 Å². The van der Waals surface area contributed by atoms with Gasteiger partial charge in [0.15, 0.2) is 0 Å². The van der Waals surface area contributed by atoms with E-state index in [0.717, 1.165) is 17.8 Å². The zero-order valence-electron chi connectivity index (χ0n) is 7.54. The van der Waals surface area contributed by atoms with Gasteiger partial charge in [0.05, 0.1) is 5.60 Å². The summed E-state index contributed by atoms with van der Waals surface area (Å²) in [6.07, 6.45) is 0.670. The summed E-state index contributed by atoms with van der Waals surface area (Å²) in [7, 11) is 0. The maximum atomic E-state index is 10.00. The summed E-state index contributed by atoms with van der Waals surface area (Å²) >= 11 is 0. The van der Waals surface area contributed by atoms with Crippen molar-refractivity contribution in [3.8, 4) is 5.75 Å². The number of nitrogens with one attached hydrogen (secondary N) is 1. The fourth-order valence-corrected chi connectivity index (χ4v) is 1.71. The van der Waals surface area contributed by atoms with Crippen molar-refractivity contribution in [2.24, 2.45) is 0 Å². The minimum absolute atomic E-state index is 0.197. The minimum atomic E-state index is -0.820. The molecule has 0 saturated carbocycles. The molecule has 0 amide bonds. The van der Waals surface area contributed by atoms with E-state index >= 15 is 0 Å². The van der Waals surface area contributed by atoms with Gasteiger partial charge in [0.25, 0.3) is 0 Å². The molecule has 1 heterocycles. The van der Waals surface area contributed by atoms with Crippen LogP contribution in [0, 0.1) is 0 Å². The number of aromatic hydroxyl groups is 1. The third-order valence-electron chi connectivity index (χ3n) is 2.51. The monoisotopic (exact) mass is 179 g/mol. The topological polar surface area (TPSA) is 52.5 Å². The summed E-state index contributed by atoms with van der Waals surface area (Å²) in [5.41, 5.74) is 0.868. The highest BCUT2D eigenvalue weighted by molar-refractivity contribution is 5.58. The number of anilines is 1. The normalized spacial score (nSPS) is 26.3. The van der Waals surface area contributed by atoms with Crippen molar-refractivity contribution >= 4 is 5.69 Å². The lowest BCUT2D eigenvalue weighted by molar-refractivity contribution is 0.0486. The number of aliphatic hydroxyl groups is 1. The second kappa shape index (κ2) is 2.64. The predicted octanol–water partition coefficient (Wildman–Crippen LogP) is 1.42. The van der Waals surface area contributed by atoms with Crippen LogP contribution < -0.4 is 5.32 Å². The Morgan fingerprint density at radius 2 is 2.23 bits per heavy atom. The van der Waals surface area contributed by atoms with Crippen molar-refractivity contribution in [3.05, 3.63) is 23.8 Å². The molecular weight excluding hydrogens is 166 g/mol. The summed E-state index contributed by atoms with van der Waals surface area (Å²) < 4.78 is 0. The first-order valence-corrected chi connectivity index (χ1v) is 4.39. The van der Waals surface area contributed by atoms with Crippen LogP contribution in [-0.4, -0.2) is 16.8 Å². The highest BCUT2D eigenvalue weighted by Gasteiger charge is 2.29. The molecule has 0 spiro atoms. The number of phenols is 1. The smallest absolute Gasteiger partial charge is 0.116 e. The van der Waals surface area contributed by atoms with Crippen LogP contribution >= 0.6 is 0 Å². The van der Waals surface area contributed by atoms with Gasteiger partial charge in [0, 0.05) is 17.8 Å². The highest BCUT2D eigenvalue weighted by atomic mass is 16.3. The second-order valence-corrected chi connectivity index (χ2v) is 3.68. The number of phenolic OH excluding ortho intramolecular Hbond substituents is 1. The standard InChI is InChI=1S/C10H13NO2/c1-10(13)4-5-11-9-3-2-7(12)6-8(9)10/h2-3,6,11-13H,4-5H2,1H3. The summed E-state index contributed by atoms with van der Waals surface area (Å²) in [6.45, 7) is 2.54. The number of hydrogen-bond donors (Lipinski definition) is 3. The van der Waals surface area contributed by atoms with E-state index in [0.29, 0.717) is 6.42 Å². The molecule has 0 aliphatic carbocycles. The molecule has 3 heteroatoms. The molecule has 1 aromatic rings. The molecule has 1 atom stereocenters. The largest absolute Gasteiger partial charge is 0.508 e. The summed E-state index contributed by atoms with van der Waals surface area (Å²) in [6, 6.07) is 5.02. The quantitative estimate of drug-likeness (QED) is 0.528. The highest BCUT2D eigenvalue weighted by Crippen LogP contribution is 2.36. The molecule has 0 bridgehead atoms. The summed E-state index contributed by atoms with van der Waals surface area (Å²) in [5.74, 6) is 0.197. The number of rotatable bonds is 0. The molecule has 1 aliphatic heterocycles. The predicted molar refractivity (Wildman–Crippen MR) is 50.8 cm³/mol. The first kappa shape index (κ1) is 8.38. The number of hydrogen-bond acceptors (Lipinski definition) is 3. The van der Waals surface area contributed by atoms with Crippen LogP contribution in [0.3, 0.4) is 0 Å². The van der Waals surface area contributed by atoms with E-state index in [-0.39, 0.29) is 5.75 Å². The second-order valence-electron chi connectivity index (χ2n) is 3.68. The maximum Gasteiger partial charge on any atom is 0.116 e. The molecule has 3 nitrogen and oxygen atoms in total. The van der Waals surface area contributed by atoms with Gasteiger partial charge >= 0.3 is 0 Å². The molecule has 3 N–H and O–H groups in total. The molecule has 2 rings (SSSR count). The molecule has 0 fully saturated rings. The lowest BCUT2D eigenvalue weighted by Gasteiger charge is -2.31. The van der Waals surface area contributed by atoms with E-state index in [1.54, 1.807) is 25.1 Å². The Bertz CT molecular complexity index is 334. The van der Waals surface area contributed by atoms with E-state index in [4.69, 9.17) is 0 Å². The van der Waals surface area contributed by atoms with Crippen LogP contribution in [0.4, 0.5) is 5.69 Å². The van der Waals surface area contributed by atoms with Crippen LogP contribution in [0.25, 0.3) is 0 Å². The van der Waals surface area contributed by atoms with Gasteiger partial charge in [-0.15, -0.1) is 0 Å². The first-order valence-electron chi connectivity index (χ1n) is 4.39. The van der Waals surface area contributed by atoms with Crippen LogP contribution in [-0.2, 0) is 5.60 Å². The zero-order chi connectivity index (χ0) is 9.47.